The number of morpholine rings is 1. The summed E-state index contributed by atoms with van der Waals surface area (Å²) in [5.41, 5.74) is 5.89. The van der Waals surface area contributed by atoms with Crippen LogP contribution in [0.3, 0.4) is 0 Å². The van der Waals surface area contributed by atoms with Gasteiger partial charge in [0.2, 0.25) is 0 Å². The maximum Gasteiger partial charge on any atom is 0.0731 e. The third-order valence-corrected chi connectivity index (χ3v) is 5.18. The average Bonchev–Trinajstić information content (AvgIpc) is 2.81. The zero-order chi connectivity index (χ0) is 12.6. The molecule has 2 saturated carbocycles. The van der Waals surface area contributed by atoms with E-state index in [1.807, 2.05) is 0 Å². The molecule has 3 N–H and O–H groups in total. The van der Waals surface area contributed by atoms with Gasteiger partial charge in [-0.2, -0.15) is 0 Å². The topological polar surface area (TPSA) is 58.7 Å². The van der Waals surface area contributed by atoms with Crippen LogP contribution in [-0.4, -0.2) is 53.5 Å². The van der Waals surface area contributed by atoms with E-state index in [-0.39, 0.29) is 12.1 Å². The van der Waals surface area contributed by atoms with Crippen LogP contribution in [0.5, 0.6) is 0 Å². The Labute approximate surface area is 109 Å². The number of aliphatic hydroxyl groups excluding tert-OH is 1. The highest BCUT2D eigenvalue weighted by Gasteiger charge is 2.43. The van der Waals surface area contributed by atoms with Crippen LogP contribution in [0.1, 0.15) is 44.9 Å². The third-order valence-electron chi connectivity index (χ3n) is 5.18. The summed E-state index contributed by atoms with van der Waals surface area (Å²) in [6, 6.07) is 1.18. The van der Waals surface area contributed by atoms with Gasteiger partial charge in [0.05, 0.1) is 19.3 Å². The smallest absolute Gasteiger partial charge is 0.0731 e. The van der Waals surface area contributed by atoms with E-state index in [0.29, 0.717) is 18.2 Å². The Bertz CT molecular complexity index is 298. The number of rotatable bonds is 2. The minimum atomic E-state index is -0.326. The first-order chi connectivity index (χ1) is 8.72. The number of hydrogen-bond acceptors (Lipinski definition) is 4. The molecule has 0 aromatic carbocycles. The van der Waals surface area contributed by atoms with Crippen molar-refractivity contribution < 1.29 is 9.84 Å². The molecular formula is C14H26N2O2. The molecule has 1 heterocycles. The highest BCUT2D eigenvalue weighted by Crippen LogP contribution is 2.36. The molecule has 0 bridgehead atoms. The third kappa shape index (κ3) is 2.31. The van der Waals surface area contributed by atoms with Crippen LogP contribution in [0.25, 0.3) is 0 Å². The van der Waals surface area contributed by atoms with Gasteiger partial charge in [0.1, 0.15) is 0 Å². The van der Waals surface area contributed by atoms with Crippen molar-refractivity contribution in [3.05, 3.63) is 0 Å². The molecule has 4 unspecified atom stereocenters. The molecule has 0 aromatic rings. The van der Waals surface area contributed by atoms with Gasteiger partial charge in [0.25, 0.3) is 0 Å². The number of aliphatic hydroxyl groups is 1. The molecule has 4 atom stereocenters. The van der Waals surface area contributed by atoms with E-state index in [4.69, 9.17) is 10.5 Å². The molecule has 0 amide bonds. The molecule has 0 aromatic heterocycles. The van der Waals surface area contributed by atoms with Gasteiger partial charge in [0, 0.05) is 24.2 Å². The fourth-order valence-corrected chi connectivity index (χ4v) is 4.13. The van der Waals surface area contributed by atoms with Gasteiger partial charge >= 0.3 is 0 Å². The van der Waals surface area contributed by atoms with Crippen LogP contribution in [-0.2, 0) is 4.74 Å². The van der Waals surface area contributed by atoms with Crippen molar-refractivity contribution >= 4 is 0 Å². The summed E-state index contributed by atoms with van der Waals surface area (Å²) in [5.74, 6) is 0. The van der Waals surface area contributed by atoms with Gasteiger partial charge in [-0.1, -0.05) is 12.8 Å². The van der Waals surface area contributed by atoms with Crippen molar-refractivity contribution in [1.29, 1.82) is 0 Å². The van der Waals surface area contributed by atoms with Crippen LogP contribution < -0.4 is 5.73 Å². The molecule has 2 aliphatic carbocycles. The Morgan fingerprint density at radius 3 is 2.89 bits per heavy atom. The van der Waals surface area contributed by atoms with Gasteiger partial charge in [0.15, 0.2) is 0 Å². The Balaban J connectivity index is 1.68. The second-order valence-electron chi connectivity index (χ2n) is 6.42. The van der Waals surface area contributed by atoms with Crippen molar-refractivity contribution in [2.45, 2.75) is 68.7 Å². The zero-order valence-electron chi connectivity index (χ0n) is 11.2. The molecule has 3 rings (SSSR count). The second kappa shape index (κ2) is 5.08. The van der Waals surface area contributed by atoms with Crippen LogP contribution in [0, 0.1) is 0 Å². The predicted molar refractivity (Wildman–Crippen MR) is 70.3 cm³/mol. The van der Waals surface area contributed by atoms with Crippen LogP contribution >= 0.6 is 0 Å². The Hall–Kier alpha value is -0.160. The van der Waals surface area contributed by atoms with Gasteiger partial charge in [-0.05, 0) is 32.1 Å². The van der Waals surface area contributed by atoms with Crippen LogP contribution in [0.15, 0.2) is 0 Å². The summed E-state index contributed by atoms with van der Waals surface area (Å²) >= 11 is 0. The SMILES string of the molecule is NC1(CO)CCC(N2CCOC3CCCCC32)C1. The van der Waals surface area contributed by atoms with Gasteiger partial charge in [-0.3, -0.25) is 4.90 Å². The van der Waals surface area contributed by atoms with E-state index in [1.165, 1.54) is 25.7 Å². The van der Waals surface area contributed by atoms with Crippen molar-refractivity contribution in [3.63, 3.8) is 0 Å². The quantitative estimate of drug-likeness (QED) is 0.768. The zero-order valence-corrected chi connectivity index (χ0v) is 11.2. The highest BCUT2D eigenvalue weighted by atomic mass is 16.5. The lowest BCUT2D eigenvalue weighted by Crippen LogP contribution is -2.56. The van der Waals surface area contributed by atoms with Crippen LogP contribution in [0.4, 0.5) is 0 Å². The molecule has 0 spiro atoms. The summed E-state index contributed by atoms with van der Waals surface area (Å²) in [7, 11) is 0. The molecule has 1 saturated heterocycles. The lowest BCUT2D eigenvalue weighted by Gasteiger charge is -2.46. The number of nitrogens with zero attached hydrogens (tertiary/aromatic N) is 1. The van der Waals surface area contributed by atoms with Gasteiger partial charge in [-0.25, -0.2) is 0 Å². The number of fused-ring (bicyclic) bond motifs is 1. The summed E-state index contributed by atoms with van der Waals surface area (Å²) < 4.78 is 5.93. The van der Waals surface area contributed by atoms with E-state index in [9.17, 15) is 5.11 Å². The summed E-state index contributed by atoms with van der Waals surface area (Å²) in [6.07, 6.45) is 8.66. The Kier molecular flexibility index (Phi) is 3.63. The normalized spacial score (nSPS) is 46.0. The molecule has 3 aliphatic rings. The average molecular weight is 254 g/mol. The lowest BCUT2D eigenvalue weighted by atomic mass is 9.88. The Morgan fingerprint density at radius 2 is 2.11 bits per heavy atom. The number of nitrogens with two attached hydrogens (primary N) is 1. The summed E-state index contributed by atoms with van der Waals surface area (Å²) in [4.78, 5) is 2.65. The molecule has 4 nitrogen and oxygen atoms in total. The maximum absolute atomic E-state index is 9.41. The van der Waals surface area contributed by atoms with E-state index in [0.717, 1.165) is 32.4 Å². The predicted octanol–water partition coefficient (Wildman–Crippen LogP) is 0.872. The first-order valence-electron chi connectivity index (χ1n) is 7.49. The standard InChI is InChI=1S/C14H26N2O2/c15-14(10-17)6-5-11(9-14)16-7-8-18-13-4-2-1-3-12(13)16/h11-13,17H,1-10,15H2. The molecule has 3 fully saturated rings. The minimum absolute atomic E-state index is 0.127. The van der Waals surface area contributed by atoms with E-state index >= 15 is 0 Å². The fraction of sp³-hybridized carbons (Fsp3) is 1.00. The fourth-order valence-electron chi connectivity index (χ4n) is 4.13. The van der Waals surface area contributed by atoms with Gasteiger partial charge < -0.3 is 15.6 Å². The van der Waals surface area contributed by atoms with E-state index in [1.54, 1.807) is 0 Å². The molecule has 104 valence electrons. The van der Waals surface area contributed by atoms with Crippen molar-refractivity contribution in [1.82, 2.24) is 4.90 Å². The van der Waals surface area contributed by atoms with Crippen molar-refractivity contribution in [3.8, 4) is 0 Å². The number of hydrogen-bond donors (Lipinski definition) is 2. The molecular weight excluding hydrogens is 228 g/mol. The van der Waals surface area contributed by atoms with E-state index in [2.05, 4.69) is 4.90 Å². The Morgan fingerprint density at radius 1 is 1.28 bits per heavy atom. The first kappa shape index (κ1) is 12.9. The van der Waals surface area contributed by atoms with Crippen molar-refractivity contribution in [2.75, 3.05) is 19.8 Å². The lowest BCUT2D eigenvalue weighted by molar-refractivity contribution is -0.102. The highest BCUT2D eigenvalue weighted by molar-refractivity contribution is 5.00. The maximum atomic E-state index is 9.41. The van der Waals surface area contributed by atoms with E-state index < -0.39 is 0 Å². The molecule has 4 heteroatoms. The monoisotopic (exact) mass is 254 g/mol. The molecule has 1 aliphatic heterocycles. The van der Waals surface area contributed by atoms with Crippen molar-refractivity contribution in [2.24, 2.45) is 5.73 Å². The first-order valence-corrected chi connectivity index (χ1v) is 7.49. The number of ether oxygens (including phenoxy) is 1. The largest absolute Gasteiger partial charge is 0.394 e. The summed E-state index contributed by atoms with van der Waals surface area (Å²) in [6.45, 7) is 2.05. The molecule has 0 radical (unpaired) electrons. The van der Waals surface area contributed by atoms with Gasteiger partial charge in [-0.15, -0.1) is 0 Å². The second-order valence-corrected chi connectivity index (χ2v) is 6.42. The minimum Gasteiger partial charge on any atom is -0.394 e. The molecule has 18 heavy (non-hydrogen) atoms. The van der Waals surface area contributed by atoms with Crippen LogP contribution in [0.2, 0.25) is 0 Å². The summed E-state index contributed by atoms with van der Waals surface area (Å²) in [5, 5.41) is 9.41.